The predicted octanol–water partition coefficient (Wildman–Crippen LogP) is 4.67. The van der Waals surface area contributed by atoms with Crippen LogP contribution in [0.1, 0.15) is 48.0 Å². The zero-order valence-corrected chi connectivity index (χ0v) is 21.6. The van der Waals surface area contributed by atoms with E-state index in [1.165, 1.54) is 23.1 Å². The summed E-state index contributed by atoms with van der Waals surface area (Å²) in [6, 6.07) is 9.63. The monoisotopic (exact) mass is 541 g/mol. The number of unbranched alkanes of at least 4 members (excludes halogenated alkanes) is 1. The number of nitrogens with zero attached hydrogens (tertiary/aromatic N) is 3. The number of rotatable bonds is 9. The lowest BCUT2D eigenvalue weighted by molar-refractivity contribution is -0.262. The van der Waals surface area contributed by atoms with Gasteiger partial charge in [0.2, 0.25) is 5.88 Å². The second-order valence-corrected chi connectivity index (χ2v) is 9.70. The summed E-state index contributed by atoms with van der Waals surface area (Å²) in [5.74, 6) is -0.992. The number of pyridine rings is 1. The fourth-order valence-electron chi connectivity index (χ4n) is 4.35. The molecule has 0 aliphatic carbocycles. The average molecular weight is 542 g/mol. The maximum absolute atomic E-state index is 13.8. The van der Waals surface area contributed by atoms with Crippen molar-refractivity contribution in [1.29, 1.82) is 0 Å². The number of ether oxygens (including phenoxy) is 1. The smallest absolute Gasteiger partial charge is 0.430 e. The van der Waals surface area contributed by atoms with Crippen LogP contribution in [0.2, 0.25) is 5.15 Å². The average Bonchev–Trinajstić information content (AvgIpc) is 2.87. The number of hydrogen-bond donors (Lipinski definition) is 1. The highest BCUT2D eigenvalue weighted by Gasteiger charge is 2.62. The molecule has 7 nitrogen and oxygen atoms in total. The molecule has 0 radical (unpaired) electrons. The van der Waals surface area contributed by atoms with E-state index in [2.05, 4.69) is 4.98 Å². The lowest BCUT2D eigenvalue weighted by Crippen LogP contribution is -2.57. The molecule has 1 fully saturated rings. The third kappa shape index (κ3) is 6.73. The minimum absolute atomic E-state index is 0.0715. The number of aliphatic hydroxyl groups is 1. The van der Waals surface area contributed by atoms with Crippen molar-refractivity contribution in [2.24, 2.45) is 5.92 Å². The Morgan fingerprint density at radius 2 is 1.76 bits per heavy atom. The lowest BCUT2D eigenvalue weighted by atomic mass is 9.88. The molecule has 1 aromatic heterocycles. The highest BCUT2D eigenvalue weighted by Crippen LogP contribution is 2.41. The van der Waals surface area contributed by atoms with Crippen LogP contribution >= 0.6 is 11.6 Å². The molecule has 2 heterocycles. The predicted molar refractivity (Wildman–Crippen MR) is 132 cm³/mol. The minimum atomic E-state index is -5.14. The topological polar surface area (TPSA) is 83.0 Å². The van der Waals surface area contributed by atoms with Gasteiger partial charge in [-0.15, -0.1) is 0 Å². The number of amides is 2. The van der Waals surface area contributed by atoms with E-state index in [0.29, 0.717) is 30.9 Å². The quantitative estimate of drug-likeness (QED) is 0.368. The van der Waals surface area contributed by atoms with Gasteiger partial charge in [0.25, 0.3) is 17.4 Å². The number of benzene rings is 1. The number of piperidine rings is 1. The van der Waals surface area contributed by atoms with E-state index in [1.807, 2.05) is 0 Å². The molecule has 0 spiro atoms. The van der Waals surface area contributed by atoms with Crippen LogP contribution in [0.3, 0.4) is 0 Å². The van der Waals surface area contributed by atoms with Gasteiger partial charge in [-0.25, -0.2) is 4.98 Å². The molecule has 1 atom stereocenters. The molecule has 1 aliphatic heterocycles. The summed E-state index contributed by atoms with van der Waals surface area (Å²) < 4.78 is 47.0. The van der Waals surface area contributed by atoms with E-state index in [4.69, 9.17) is 16.3 Å². The molecule has 1 saturated heterocycles. The van der Waals surface area contributed by atoms with Crippen LogP contribution in [0.5, 0.6) is 5.88 Å². The molecule has 37 heavy (non-hydrogen) atoms. The second kappa shape index (κ2) is 12.1. The van der Waals surface area contributed by atoms with E-state index in [1.54, 1.807) is 26.2 Å². The van der Waals surface area contributed by atoms with Crippen LogP contribution < -0.4 is 4.74 Å². The van der Waals surface area contributed by atoms with Crippen LogP contribution in [0, 0.1) is 5.92 Å². The maximum Gasteiger partial charge on any atom is 0.430 e. The third-order valence-corrected chi connectivity index (χ3v) is 6.82. The summed E-state index contributed by atoms with van der Waals surface area (Å²) >= 11 is 6.09. The van der Waals surface area contributed by atoms with Crippen molar-refractivity contribution in [2.75, 3.05) is 33.8 Å². The van der Waals surface area contributed by atoms with E-state index in [0.717, 1.165) is 36.3 Å². The van der Waals surface area contributed by atoms with Crippen LogP contribution in [0.4, 0.5) is 13.2 Å². The number of alkyl halides is 3. The molecule has 1 unspecified atom stereocenters. The largest absolute Gasteiger partial charge is 0.478 e. The molecule has 2 aromatic rings. The number of carbonyl (C=O) groups excluding carboxylic acids is 2. The Kier molecular flexibility index (Phi) is 9.41. The van der Waals surface area contributed by atoms with Gasteiger partial charge in [-0.1, -0.05) is 48.4 Å². The van der Waals surface area contributed by atoms with Crippen molar-refractivity contribution in [1.82, 2.24) is 14.8 Å². The minimum Gasteiger partial charge on any atom is -0.478 e. The number of aromatic nitrogens is 1. The van der Waals surface area contributed by atoms with E-state index in [-0.39, 0.29) is 30.1 Å². The highest BCUT2D eigenvalue weighted by molar-refractivity contribution is 6.32. The van der Waals surface area contributed by atoms with Crippen LogP contribution in [-0.2, 0) is 10.4 Å². The van der Waals surface area contributed by atoms with Gasteiger partial charge in [0.05, 0.1) is 12.2 Å². The van der Waals surface area contributed by atoms with Crippen LogP contribution in [0.25, 0.3) is 0 Å². The molecule has 2 amide bonds. The Bertz CT molecular complexity index is 1080. The Balaban J connectivity index is 1.44. The fraction of sp³-hybridized carbons (Fsp3) is 0.500. The molecule has 1 N–H and O–H groups in total. The standard InChI is InChI=1S/C26H31ClF3N3O4/c1-32(2)23(34)20-11-12-21(31-22(20)27)37-17-7-6-8-18-13-15-33(16-14-18)24(35)25(36,26(28,29)30)19-9-4-3-5-10-19/h3-5,9-12,18,36H,6-8,13-17H2,1-2H3. The molecule has 0 saturated carbocycles. The first kappa shape index (κ1) is 28.7. The number of hydrogen-bond acceptors (Lipinski definition) is 5. The normalized spacial score (nSPS) is 16.2. The zero-order chi connectivity index (χ0) is 27.2. The van der Waals surface area contributed by atoms with Crippen LogP contribution in [0.15, 0.2) is 42.5 Å². The van der Waals surface area contributed by atoms with Crippen LogP contribution in [-0.4, -0.2) is 71.7 Å². The maximum atomic E-state index is 13.8. The third-order valence-electron chi connectivity index (χ3n) is 6.53. The van der Waals surface area contributed by atoms with Gasteiger partial charge in [0.15, 0.2) is 0 Å². The van der Waals surface area contributed by atoms with Crippen molar-refractivity contribution in [3.8, 4) is 5.88 Å². The zero-order valence-electron chi connectivity index (χ0n) is 20.8. The summed E-state index contributed by atoms with van der Waals surface area (Å²) in [7, 11) is 3.25. The van der Waals surface area contributed by atoms with Crippen molar-refractivity contribution < 1.29 is 32.6 Å². The second-order valence-electron chi connectivity index (χ2n) is 9.34. The first-order chi connectivity index (χ1) is 17.4. The van der Waals surface area contributed by atoms with E-state index in [9.17, 15) is 27.9 Å². The molecule has 0 bridgehead atoms. The number of carbonyl (C=O) groups is 2. The van der Waals surface area contributed by atoms with E-state index >= 15 is 0 Å². The summed E-state index contributed by atoms with van der Waals surface area (Å²) in [5.41, 5.74) is -3.75. The first-order valence-electron chi connectivity index (χ1n) is 12.1. The molecule has 1 aromatic carbocycles. The Morgan fingerprint density at radius 3 is 2.32 bits per heavy atom. The first-order valence-corrected chi connectivity index (χ1v) is 12.5. The van der Waals surface area contributed by atoms with E-state index < -0.39 is 23.2 Å². The summed E-state index contributed by atoms with van der Waals surface area (Å²) in [5, 5.41) is 10.6. The van der Waals surface area contributed by atoms with Gasteiger partial charge in [-0.2, -0.15) is 13.2 Å². The van der Waals surface area contributed by atoms with Gasteiger partial charge in [-0.05, 0) is 37.7 Å². The van der Waals surface area contributed by atoms with Gasteiger partial charge >= 0.3 is 6.18 Å². The van der Waals surface area contributed by atoms with Crippen molar-refractivity contribution in [2.45, 2.75) is 43.9 Å². The lowest BCUT2D eigenvalue weighted by Gasteiger charge is -2.38. The molecule has 202 valence electrons. The van der Waals surface area contributed by atoms with Gasteiger partial charge in [-0.3, -0.25) is 9.59 Å². The van der Waals surface area contributed by atoms with Gasteiger partial charge in [0, 0.05) is 38.8 Å². The summed E-state index contributed by atoms with van der Waals surface area (Å²) in [6.45, 7) is 0.717. The Hall–Kier alpha value is -2.85. The van der Waals surface area contributed by atoms with Gasteiger partial charge in [0.1, 0.15) is 5.15 Å². The summed E-state index contributed by atoms with van der Waals surface area (Å²) in [4.78, 5) is 31.5. The molecule has 1 aliphatic rings. The molecule has 3 rings (SSSR count). The fourth-order valence-corrected chi connectivity index (χ4v) is 4.58. The Labute approximate surface area is 219 Å². The number of likely N-dealkylation sites (tertiary alicyclic amines) is 1. The van der Waals surface area contributed by atoms with Crippen molar-refractivity contribution in [3.63, 3.8) is 0 Å². The number of halogens is 4. The molecule has 11 heteroatoms. The molecular formula is C26H31ClF3N3O4. The van der Waals surface area contributed by atoms with Gasteiger partial charge < -0.3 is 19.6 Å². The summed E-state index contributed by atoms with van der Waals surface area (Å²) in [6.07, 6.45) is -1.60. The molecular weight excluding hydrogens is 511 g/mol. The SMILES string of the molecule is CN(C)C(=O)c1ccc(OCCCCC2CCN(C(=O)C(O)(c3ccccc3)C(F)(F)F)CC2)nc1Cl. The highest BCUT2D eigenvalue weighted by atomic mass is 35.5. The Morgan fingerprint density at radius 1 is 1.11 bits per heavy atom. The van der Waals surface area contributed by atoms with Crippen molar-refractivity contribution >= 4 is 23.4 Å². The van der Waals surface area contributed by atoms with Crippen molar-refractivity contribution in [3.05, 3.63) is 58.7 Å².